The second-order valence-electron chi connectivity index (χ2n) is 10.9. The Labute approximate surface area is 252 Å². The van der Waals surface area contributed by atoms with Crippen LogP contribution in [0.25, 0.3) is 0 Å². The Morgan fingerprint density at radius 3 is 2.35 bits per heavy atom. The first kappa shape index (κ1) is 31.6. The number of carbonyl (C=O) groups is 3. The molecule has 0 saturated carbocycles. The second kappa shape index (κ2) is 14.7. The Morgan fingerprint density at radius 2 is 1.70 bits per heavy atom. The highest BCUT2D eigenvalue weighted by Crippen LogP contribution is 2.39. The summed E-state index contributed by atoms with van der Waals surface area (Å²) in [5.74, 6) is -3.38. The van der Waals surface area contributed by atoms with Gasteiger partial charge in [0.05, 0.1) is 17.9 Å². The molecular formula is C32H41N5O6. The molecule has 11 nitrogen and oxygen atoms in total. The molecule has 43 heavy (non-hydrogen) atoms. The van der Waals surface area contributed by atoms with Crippen molar-refractivity contribution in [3.8, 4) is 5.75 Å². The van der Waals surface area contributed by atoms with Crippen molar-refractivity contribution in [3.05, 3.63) is 65.4 Å². The summed E-state index contributed by atoms with van der Waals surface area (Å²) in [6.07, 6.45) is 1.78. The number of amides is 2. The van der Waals surface area contributed by atoms with E-state index in [1.807, 2.05) is 18.2 Å². The van der Waals surface area contributed by atoms with Gasteiger partial charge in [0.15, 0.2) is 0 Å². The van der Waals surface area contributed by atoms with E-state index in [-0.39, 0.29) is 11.6 Å². The van der Waals surface area contributed by atoms with Gasteiger partial charge >= 0.3 is 18.0 Å². The lowest BCUT2D eigenvalue weighted by molar-refractivity contribution is -0.140. The number of benzene rings is 2. The molecule has 1 fully saturated rings. The Morgan fingerprint density at radius 1 is 1.00 bits per heavy atom. The minimum absolute atomic E-state index is 0.0383. The number of nitrogens with one attached hydrogen (secondary N) is 2. The van der Waals surface area contributed by atoms with Crippen LogP contribution in [0.15, 0.2) is 64.8 Å². The molecule has 2 aliphatic heterocycles. The molecule has 2 amide bonds. The molecule has 2 unspecified atom stereocenters. The molecule has 0 spiro atoms. The number of para-hydroxylation sites is 2. The third-order valence-electron chi connectivity index (χ3n) is 7.83. The second-order valence-corrected chi connectivity index (χ2v) is 10.9. The van der Waals surface area contributed by atoms with Gasteiger partial charge in [-0.05, 0) is 63.1 Å². The van der Waals surface area contributed by atoms with Crippen molar-refractivity contribution in [1.29, 1.82) is 0 Å². The zero-order valence-corrected chi connectivity index (χ0v) is 25.0. The number of piperazine rings is 1. The van der Waals surface area contributed by atoms with E-state index < -0.39 is 23.8 Å². The number of carboxylic acid groups (broad SMARTS) is 2. The van der Waals surface area contributed by atoms with Gasteiger partial charge < -0.3 is 30.5 Å². The van der Waals surface area contributed by atoms with Crippen molar-refractivity contribution < 1.29 is 29.3 Å². The maximum Gasteiger partial charge on any atom is 0.334 e. The van der Waals surface area contributed by atoms with Gasteiger partial charge in [-0.3, -0.25) is 14.7 Å². The average molecular weight is 592 g/mol. The Hall–Kier alpha value is -4.38. The lowest BCUT2D eigenvalue weighted by Gasteiger charge is -2.36. The number of allylic oxidation sites excluding steroid dienone is 1. The lowest BCUT2D eigenvalue weighted by Crippen LogP contribution is -2.47. The van der Waals surface area contributed by atoms with E-state index in [1.165, 1.54) is 0 Å². The molecule has 230 valence electrons. The Bertz CT molecular complexity index is 1360. The fourth-order valence-corrected chi connectivity index (χ4v) is 5.71. The van der Waals surface area contributed by atoms with Gasteiger partial charge in [0.2, 0.25) is 0 Å². The minimum atomic E-state index is -1.20. The van der Waals surface area contributed by atoms with Crippen LogP contribution in [-0.2, 0) is 9.59 Å². The summed E-state index contributed by atoms with van der Waals surface area (Å²) >= 11 is 0. The van der Waals surface area contributed by atoms with Crippen molar-refractivity contribution >= 4 is 35.1 Å². The molecule has 2 aliphatic rings. The van der Waals surface area contributed by atoms with Crippen molar-refractivity contribution in [2.75, 3.05) is 56.1 Å². The molecule has 4 rings (SSSR count). The third kappa shape index (κ3) is 7.92. The van der Waals surface area contributed by atoms with E-state index in [2.05, 4.69) is 38.4 Å². The first-order chi connectivity index (χ1) is 20.7. The van der Waals surface area contributed by atoms with E-state index >= 15 is 0 Å². The summed E-state index contributed by atoms with van der Waals surface area (Å²) in [5, 5.41) is 25.3. The van der Waals surface area contributed by atoms with E-state index in [0.29, 0.717) is 35.8 Å². The van der Waals surface area contributed by atoms with Crippen LogP contribution in [0.2, 0.25) is 0 Å². The molecule has 4 N–H and O–H groups in total. The van der Waals surface area contributed by atoms with Gasteiger partial charge in [0, 0.05) is 55.7 Å². The standard InChI is InChI=1S/C32H41N5O6/c1-4-20-43-26-9-6-5-8-25(26)37-18-16-36(17-19-37)15-7-14-33-32(42)35-24-12-10-23(11-13-24)29-27(30(38)39)21(2)34-22(3)28(29)31(40)41/h5-6,8-13,27,29H,4,7,14-20H2,1-3H3,(H,38,39)(H,40,41)(H2,33,35,42). The summed E-state index contributed by atoms with van der Waals surface area (Å²) < 4.78 is 5.93. The number of nitrogens with zero attached hydrogens (tertiary/aromatic N) is 3. The number of aliphatic carboxylic acids is 2. The average Bonchev–Trinajstić information content (AvgIpc) is 2.98. The maximum atomic E-state index is 12.5. The summed E-state index contributed by atoms with van der Waals surface area (Å²) in [5.41, 5.74) is 2.79. The SMILES string of the molecule is CCCOc1ccccc1N1CCN(CCCNC(=O)Nc2ccc(C3C(C(=O)O)=C(C)N=C(C)C3C(=O)O)cc2)CC1. The van der Waals surface area contributed by atoms with Gasteiger partial charge in [0.1, 0.15) is 11.7 Å². The van der Waals surface area contributed by atoms with Crippen molar-refractivity contribution in [2.45, 2.75) is 39.5 Å². The number of hydrogen-bond acceptors (Lipinski definition) is 7. The van der Waals surface area contributed by atoms with Gasteiger partial charge in [0.25, 0.3) is 0 Å². The van der Waals surface area contributed by atoms with Gasteiger partial charge in [-0.1, -0.05) is 31.2 Å². The minimum Gasteiger partial charge on any atom is -0.491 e. The predicted molar refractivity (Wildman–Crippen MR) is 166 cm³/mol. The van der Waals surface area contributed by atoms with Crippen molar-refractivity contribution in [3.63, 3.8) is 0 Å². The molecule has 0 aliphatic carbocycles. The molecule has 0 radical (unpaired) electrons. The number of anilines is 2. The molecule has 2 atom stereocenters. The van der Waals surface area contributed by atoms with Crippen LogP contribution in [0, 0.1) is 5.92 Å². The first-order valence-electron chi connectivity index (χ1n) is 14.8. The summed E-state index contributed by atoms with van der Waals surface area (Å²) in [4.78, 5) is 45.4. The van der Waals surface area contributed by atoms with Crippen LogP contribution in [0.3, 0.4) is 0 Å². The fourth-order valence-electron chi connectivity index (χ4n) is 5.71. The molecular weight excluding hydrogens is 550 g/mol. The normalized spacial score (nSPS) is 19.0. The largest absolute Gasteiger partial charge is 0.491 e. The maximum absolute atomic E-state index is 12.5. The lowest BCUT2D eigenvalue weighted by atomic mass is 9.75. The van der Waals surface area contributed by atoms with Crippen LogP contribution in [0.1, 0.15) is 45.1 Å². The summed E-state index contributed by atoms with van der Waals surface area (Å²) in [6, 6.07) is 14.4. The van der Waals surface area contributed by atoms with E-state index in [0.717, 1.165) is 57.0 Å². The monoisotopic (exact) mass is 591 g/mol. The quantitative estimate of drug-likeness (QED) is 0.266. The smallest absolute Gasteiger partial charge is 0.334 e. The summed E-state index contributed by atoms with van der Waals surface area (Å²) in [7, 11) is 0. The topological polar surface area (TPSA) is 144 Å². The third-order valence-corrected chi connectivity index (χ3v) is 7.83. The zero-order valence-electron chi connectivity index (χ0n) is 25.0. The highest BCUT2D eigenvalue weighted by atomic mass is 16.5. The molecule has 11 heteroatoms. The van der Waals surface area contributed by atoms with Crippen molar-refractivity contribution in [2.24, 2.45) is 10.9 Å². The van der Waals surface area contributed by atoms with E-state index in [9.17, 15) is 24.6 Å². The van der Waals surface area contributed by atoms with Crippen LogP contribution < -0.4 is 20.3 Å². The van der Waals surface area contributed by atoms with Crippen molar-refractivity contribution in [1.82, 2.24) is 10.2 Å². The van der Waals surface area contributed by atoms with Crippen LogP contribution in [-0.4, -0.2) is 84.7 Å². The number of carbonyl (C=O) groups excluding carboxylic acids is 1. The fraction of sp³-hybridized carbons (Fsp3) is 0.438. The number of urea groups is 1. The van der Waals surface area contributed by atoms with Gasteiger partial charge in [-0.15, -0.1) is 0 Å². The molecule has 2 aromatic carbocycles. The Kier molecular flexibility index (Phi) is 10.8. The van der Waals surface area contributed by atoms with Crippen LogP contribution in [0.5, 0.6) is 5.75 Å². The van der Waals surface area contributed by atoms with E-state index in [1.54, 1.807) is 38.1 Å². The van der Waals surface area contributed by atoms with Gasteiger partial charge in [-0.25, -0.2) is 9.59 Å². The van der Waals surface area contributed by atoms with Crippen LogP contribution >= 0.6 is 0 Å². The molecule has 2 aromatic rings. The van der Waals surface area contributed by atoms with Crippen LogP contribution in [0.4, 0.5) is 16.2 Å². The highest BCUT2D eigenvalue weighted by Gasteiger charge is 2.41. The number of hydrogen-bond donors (Lipinski definition) is 4. The zero-order chi connectivity index (χ0) is 30.9. The first-order valence-corrected chi connectivity index (χ1v) is 14.8. The predicted octanol–water partition coefficient (Wildman–Crippen LogP) is 4.43. The molecule has 1 saturated heterocycles. The number of rotatable bonds is 12. The van der Waals surface area contributed by atoms with E-state index in [4.69, 9.17) is 4.74 Å². The number of carboxylic acids is 2. The number of ether oxygens (including phenoxy) is 1. The highest BCUT2D eigenvalue weighted by molar-refractivity contribution is 6.06. The molecule has 2 heterocycles. The molecule has 0 aromatic heterocycles. The Balaban J connectivity index is 1.23. The van der Waals surface area contributed by atoms with Gasteiger partial charge in [-0.2, -0.15) is 0 Å². The molecule has 0 bridgehead atoms. The summed E-state index contributed by atoms with van der Waals surface area (Å²) in [6.45, 7) is 11.1. The number of aliphatic imine (C=N–C) groups is 1.